The van der Waals surface area contributed by atoms with Gasteiger partial charge in [0.25, 0.3) is 5.69 Å². The van der Waals surface area contributed by atoms with E-state index in [1.807, 2.05) is 31.2 Å². The zero-order valence-electron chi connectivity index (χ0n) is 10.2. The topological polar surface area (TPSA) is 69.2 Å². The summed E-state index contributed by atoms with van der Waals surface area (Å²) in [6.45, 7) is 1.87. The Morgan fingerprint density at radius 2 is 2.00 bits per heavy atom. The van der Waals surface area contributed by atoms with E-state index >= 15 is 0 Å². The Balaban J connectivity index is 2.20. The van der Waals surface area contributed by atoms with Crippen LogP contribution in [0.4, 0.5) is 5.69 Å². The van der Waals surface area contributed by atoms with Gasteiger partial charge in [0.1, 0.15) is 5.52 Å². The van der Waals surface area contributed by atoms with Crippen molar-refractivity contribution in [3.8, 4) is 11.5 Å². The monoisotopic (exact) mass is 254 g/mol. The fourth-order valence-electron chi connectivity index (χ4n) is 1.94. The van der Waals surface area contributed by atoms with Crippen LogP contribution in [0.25, 0.3) is 22.6 Å². The van der Waals surface area contributed by atoms with E-state index < -0.39 is 4.92 Å². The molecule has 0 unspecified atom stereocenters. The Hall–Kier alpha value is -2.69. The normalized spacial score (nSPS) is 10.8. The minimum absolute atomic E-state index is 0.0304. The van der Waals surface area contributed by atoms with Crippen LogP contribution in [0, 0.1) is 17.0 Å². The molecule has 5 nitrogen and oxygen atoms in total. The molecule has 19 heavy (non-hydrogen) atoms. The van der Waals surface area contributed by atoms with Gasteiger partial charge in [0.05, 0.1) is 4.92 Å². The van der Waals surface area contributed by atoms with Crippen LogP contribution in [-0.2, 0) is 0 Å². The molecule has 0 aliphatic rings. The number of oxazole rings is 1. The third-order valence-electron chi connectivity index (χ3n) is 2.96. The van der Waals surface area contributed by atoms with Crippen LogP contribution < -0.4 is 0 Å². The molecule has 5 heteroatoms. The minimum Gasteiger partial charge on any atom is -0.436 e. The van der Waals surface area contributed by atoms with Crippen molar-refractivity contribution >= 4 is 16.8 Å². The summed E-state index contributed by atoms with van der Waals surface area (Å²) in [5, 5.41) is 10.8. The SMILES string of the molecule is Cc1ccc([N+](=O)[O-])cc1-c1nc2ccccc2o1. The standard InChI is InChI=1S/C14H10N2O3/c1-9-6-7-10(16(17)18)8-11(9)14-15-12-4-2-3-5-13(12)19-14/h2-8H,1H3. The van der Waals surface area contributed by atoms with Crippen LogP contribution in [0.2, 0.25) is 0 Å². The van der Waals surface area contributed by atoms with Crippen molar-refractivity contribution in [3.05, 3.63) is 58.1 Å². The third kappa shape index (κ3) is 1.95. The number of aryl methyl sites for hydroxylation is 1. The Kier molecular flexibility index (Phi) is 2.52. The smallest absolute Gasteiger partial charge is 0.270 e. The van der Waals surface area contributed by atoms with E-state index in [0.29, 0.717) is 17.0 Å². The average Bonchev–Trinajstić information content (AvgIpc) is 2.82. The Labute approximate surface area is 108 Å². The summed E-state index contributed by atoms with van der Waals surface area (Å²) < 4.78 is 5.64. The highest BCUT2D eigenvalue weighted by Crippen LogP contribution is 2.29. The number of hydrogen-bond donors (Lipinski definition) is 0. The van der Waals surface area contributed by atoms with Crippen molar-refractivity contribution in [2.24, 2.45) is 0 Å². The van der Waals surface area contributed by atoms with Gasteiger partial charge >= 0.3 is 0 Å². The number of nitro benzene ring substituents is 1. The van der Waals surface area contributed by atoms with Crippen molar-refractivity contribution in [1.29, 1.82) is 0 Å². The Morgan fingerprint density at radius 1 is 1.21 bits per heavy atom. The Morgan fingerprint density at radius 3 is 2.74 bits per heavy atom. The molecule has 0 spiro atoms. The molecular formula is C14H10N2O3. The summed E-state index contributed by atoms with van der Waals surface area (Å²) >= 11 is 0. The van der Waals surface area contributed by atoms with Gasteiger partial charge < -0.3 is 4.42 Å². The lowest BCUT2D eigenvalue weighted by molar-refractivity contribution is -0.384. The second kappa shape index (κ2) is 4.20. The predicted molar refractivity (Wildman–Crippen MR) is 70.8 cm³/mol. The molecule has 0 N–H and O–H groups in total. The molecule has 0 fully saturated rings. The molecule has 0 aliphatic carbocycles. The number of nitrogens with zero attached hydrogens (tertiary/aromatic N) is 2. The van der Waals surface area contributed by atoms with Gasteiger partial charge in [-0.05, 0) is 24.6 Å². The van der Waals surface area contributed by atoms with Gasteiger partial charge in [-0.1, -0.05) is 18.2 Å². The van der Waals surface area contributed by atoms with Gasteiger partial charge in [-0.2, -0.15) is 0 Å². The molecule has 0 saturated carbocycles. The molecule has 3 aromatic rings. The second-order valence-corrected chi connectivity index (χ2v) is 4.24. The fourth-order valence-corrected chi connectivity index (χ4v) is 1.94. The van der Waals surface area contributed by atoms with E-state index in [9.17, 15) is 10.1 Å². The highest BCUT2D eigenvalue weighted by Gasteiger charge is 2.14. The van der Waals surface area contributed by atoms with Crippen LogP contribution in [0.5, 0.6) is 0 Å². The molecule has 2 aromatic carbocycles. The van der Waals surface area contributed by atoms with Crippen molar-refractivity contribution < 1.29 is 9.34 Å². The van der Waals surface area contributed by atoms with Gasteiger partial charge in [-0.15, -0.1) is 0 Å². The van der Waals surface area contributed by atoms with E-state index in [2.05, 4.69) is 4.98 Å². The molecule has 1 aromatic heterocycles. The van der Waals surface area contributed by atoms with Crippen LogP contribution in [0.3, 0.4) is 0 Å². The molecule has 0 aliphatic heterocycles. The lowest BCUT2D eigenvalue weighted by Gasteiger charge is -2.00. The highest BCUT2D eigenvalue weighted by atomic mass is 16.6. The van der Waals surface area contributed by atoms with E-state index in [1.165, 1.54) is 12.1 Å². The summed E-state index contributed by atoms with van der Waals surface area (Å²) in [4.78, 5) is 14.8. The molecular weight excluding hydrogens is 244 g/mol. The maximum atomic E-state index is 10.8. The minimum atomic E-state index is -0.425. The lowest BCUT2D eigenvalue weighted by Crippen LogP contribution is -1.90. The third-order valence-corrected chi connectivity index (χ3v) is 2.96. The van der Waals surface area contributed by atoms with Gasteiger partial charge in [-0.25, -0.2) is 4.98 Å². The highest BCUT2D eigenvalue weighted by molar-refractivity contribution is 5.77. The van der Waals surface area contributed by atoms with Crippen LogP contribution >= 0.6 is 0 Å². The molecule has 3 rings (SSSR count). The first-order valence-corrected chi connectivity index (χ1v) is 5.76. The lowest BCUT2D eigenvalue weighted by atomic mass is 10.1. The summed E-state index contributed by atoms with van der Waals surface area (Å²) in [6.07, 6.45) is 0. The van der Waals surface area contributed by atoms with Crippen molar-refractivity contribution in [3.63, 3.8) is 0 Å². The first kappa shape index (κ1) is 11.4. The summed E-state index contributed by atoms with van der Waals surface area (Å²) in [6, 6.07) is 12.0. The fraction of sp³-hybridized carbons (Fsp3) is 0.0714. The molecule has 0 atom stereocenters. The first-order chi connectivity index (χ1) is 9.15. The molecule has 0 bridgehead atoms. The van der Waals surface area contributed by atoms with E-state index in [4.69, 9.17) is 4.42 Å². The first-order valence-electron chi connectivity index (χ1n) is 5.76. The quantitative estimate of drug-likeness (QED) is 0.516. The number of rotatable bonds is 2. The van der Waals surface area contributed by atoms with Crippen molar-refractivity contribution in [1.82, 2.24) is 4.98 Å². The van der Waals surface area contributed by atoms with E-state index in [-0.39, 0.29) is 5.69 Å². The molecule has 1 heterocycles. The van der Waals surface area contributed by atoms with E-state index in [0.717, 1.165) is 11.1 Å². The largest absolute Gasteiger partial charge is 0.436 e. The summed E-state index contributed by atoms with van der Waals surface area (Å²) in [7, 11) is 0. The summed E-state index contributed by atoms with van der Waals surface area (Å²) in [5.41, 5.74) is 2.97. The number of para-hydroxylation sites is 2. The van der Waals surface area contributed by atoms with Gasteiger partial charge in [0.2, 0.25) is 5.89 Å². The average molecular weight is 254 g/mol. The maximum Gasteiger partial charge on any atom is 0.270 e. The van der Waals surface area contributed by atoms with Crippen LogP contribution in [0.15, 0.2) is 46.9 Å². The van der Waals surface area contributed by atoms with Crippen molar-refractivity contribution in [2.45, 2.75) is 6.92 Å². The van der Waals surface area contributed by atoms with Gasteiger partial charge in [-0.3, -0.25) is 10.1 Å². The zero-order chi connectivity index (χ0) is 13.4. The maximum absolute atomic E-state index is 10.8. The van der Waals surface area contributed by atoms with Gasteiger partial charge in [0, 0.05) is 17.7 Å². The predicted octanol–water partition coefficient (Wildman–Crippen LogP) is 3.71. The number of benzene rings is 2. The van der Waals surface area contributed by atoms with Crippen LogP contribution in [-0.4, -0.2) is 9.91 Å². The van der Waals surface area contributed by atoms with Gasteiger partial charge in [0.15, 0.2) is 5.58 Å². The second-order valence-electron chi connectivity index (χ2n) is 4.24. The zero-order valence-corrected chi connectivity index (χ0v) is 10.2. The van der Waals surface area contributed by atoms with E-state index in [1.54, 1.807) is 6.07 Å². The number of aromatic nitrogens is 1. The number of nitro groups is 1. The number of fused-ring (bicyclic) bond motifs is 1. The molecule has 0 saturated heterocycles. The molecule has 0 amide bonds. The van der Waals surface area contributed by atoms with Crippen molar-refractivity contribution in [2.75, 3.05) is 0 Å². The van der Waals surface area contributed by atoms with Crippen LogP contribution in [0.1, 0.15) is 5.56 Å². The number of non-ortho nitro benzene ring substituents is 1. The molecule has 0 radical (unpaired) electrons. The summed E-state index contributed by atoms with van der Waals surface area (Å²) in [5.74, 6) is 0.405. The molecule has 94 valence electrons. The Bertz CT molecular complexity index is 744. The number of hydrogen-bond acceptors (Lipinski definition) is 4.